The first-order valence-electron chi connectivity index (χ1n) is 6.83. The standard InChI is InChI=1S/C18H16S3/c1-11-4-6-14(7-5-11)17-16(18(19)21-20-17)15-9-12(2)8-13(3)10-15/h4-10H,1-3H3. The zero-order chi connectivity index (χ0) is 15.0. The minimum atomic E-state index is 0.987. The summed E-state index contributed by atoms with van der Waals surface area (Å²) < 4.78 is 0.987. The van der Waals surface area contributed by atoms with Gasteiger partial charge >= 0.3 is 0 Å². The zero-order valence-electron chi connectivity index (χ0n) is 12.3. The van der Waals surface area contributed by atoms with E-state index in [2.05, 4.69) is 63.2 Å². The third-order valence-corrected chi connectivity index (χ3v) is 6.52. The Kier molecular flexibility index (Phi) is 4.07. The smallest absolute Gasteiger partial charge is 0.0779 e. The van der Waals surface area contributed by atoms with Gasteiger partial charge in [-0.25, -0.2) is 0 Å². The second-order valence-electron chi connectivity index (χ2n) is 5.40. The normalized spacial score (nSPS) is 10.8. The van der Waals surface area contributed by atoms with E-state index < -0.39 is 0 Å². The summed E-state index contributed by atoms with van der Waals surface area (Å²) in [5.74, 6) is 0. The van der Waals surface area contributed by atoms with E-state index in [1.807, 2.05) is 0 Å². The molecule has 2 aromatic carbocycles. The minimum Gasteiger partial charge on any atom is -0.0779 e. The summed E-state index contributed by atoms with van der Waals surface area (Å²) in [4.78, 5) is 1.29. The highest BCUT2D eigenvalue weighted by Gasteiger charge is 2.13. The van der Waals surface area contributed by atoms with Crippen LogP contribution in [0.3, 0.4) is 0 Å². The molecule has 3 heteroatoms. The van der Waals surface area contributed by atoms with Gasteiger partial charge in [0.25, 0.3) is 0 Å². The second-order valence-corrected chi connectivity index (χ2v) is 8.22. The van der Waals surface area contributed by atoms with Gasteiger partial charge in [0.15, 0.2) is 0 Å². The Morgan fingerprint density at radius 2 is 1.33 bits per heavy atom. The second kappa shape index (κ2) is 5.84. The maximum Gasteiger partial charge on any atom is 0.110 e. The molecule has 0 unspecified atom stereocenters. The average molecular weight is 329 g/mol. The van der Waals surface area contributed by atoms with Crippen LogP contribution in [0.5, 0.6) is 0 Å². The molecule has 0 saturated heterocycles. The fourth-order valence-corrected chi connectivity index (χ4v) is 5.44. The average Bonchev–Trinajstić information content (AvgIpc) is 2.80. The Morgan fingerprint density at radius 3 is 1.95 bits per heavy atom. The first-order chi connectivity index (χ1) is 10.0. The van der Waals surface area contributed by atoms with Crippen molar-refractivity contribution in [2.45, 2.75) is 20.8 Å². The SMILES string of the molecule is Cc1ccc(-c2ssc(=S)c2-c2cc(C)cc(C)c2)cc1. The van der Waals surface area contributed by atoms with Crippen molar-refractivity contribution in [3.63, 3.8) is 0 Å². The first kappa shape index (κ1) is 14.6. The highest BCUT2D eigenvalue weighted by Crippen LogP contribution is 2.41. The van der Waals surface area contributed by atoms with Crippen LogP contribution in [0, 0.1) is 24.6 Å². The zero-order valence-corrected chi connectivity index (χ0v) is 14.7. The van der Waals surface area contributed by atoms with Crippen LogP contribution in [0.25, 0.3) is 21.6 Å². The van der Waals surface area contributed by atoms with Crippen molar-refractivity contribution in [1.82, 2.24) is 0 Å². The van der Waals surface area contributed by atoms with Crippen molar-refractivity contribution < 1.29 is 0 Å². The predicted molar refractivity (Wildman–Crippen MR) is 98.1 cm³/mol. The van der Waals surface area contributed by atoms with Crippen molar-refractivity contribution in [3.05, 3.63) is 63.0 Å². The summed E-state index contributed by atoms with van der Waals surface area (Å²) in [5.41, 5.74) is 7.56. The highest BCUT2D eigenvalue weighted by atomic mass is 32.9. The Bertz CT molecular complexity index is 815. The molecule has 0 aliphatic heterocycles. The molecule has 1 heterocycles. The molecule has 0 spiro atoms. The monoisotopic (exact) mass is 328 g/mol. The van der Waals surface area contributed by atoms with Gasteiger partial charge in [0.1, 0.15) is 3.82 Å². The van der Waals surface area contributed by atoms with Crippen molar-refractivity contribution in [2.24, 2.45) is 0 Å². The third kappa shape index (κ3) is 3.00. The number of benzene rings is 2. The summed E-state index contributed by atoms with van der Waals surface area (Å²) in [5, 5.41) is 0. The molecule has 3 aromatic rings. The van der Waals surface area contributed by atoms with Gasteiger partial charge in [-0.05, 0) is 31.9 Å². The predicted octanol–water partition coefficient (Wildman–Crippen LogP) is 6.80. The summed E-state index contributed by atoms with van der Waals surface area (Å²) in [6.45, 7) is 6.39. The van der Waals surface area contributed by atoms with Crippen molar-refractivity contribution in [3.8, 4) is 21.6 Å². The molecule has 0 amide bonds. The Labute approximate surface area is 138 Å². The molecule has 0 fully saturated rings. The quantitative estimate of drug-likeness (QED) is 0.368. The summed E-state index contributed by atoms with van der Waals surface area (Å²) in [7, 11) is 3.47. The summed E-state index contributed by atoms with van der Waals surface area (Å²) in [6, 6.07) is 15.4. The molecule has 1 aromatic heterocycles. The van der Waals surface area contributed by atoms with E-state index in [0.717, 1.165) is 3.82 Å². The minimum absolute atomic E-state index is 0.987. The van der Waals surface area contributed by atoms with Gasteiger partial charge in [0.2, 0.25) is 0 Å². The number of aryl methyl sites for hydroxylation is 3. The molecular weight excluding hydrogens is 312 g/mol. The lowest BCUT2D eigenvalue weighted by atomic mass is 9.99. The van der Waals surface area contributed by atoms with Crippen LogP contribution in [0.2, 0.25) is 0 Å². The van der Waals surface area contributed by atoms with E-state index in [1.54, 1.807) is 20.7 Å². The summed E-state index contributed by atoms with van der Waals surface area (Å²) in [6.07, 6.45) is 0. The fraction of sp³-hybridized carbons (Fsp3) is 0.167. The molecule has 0 bridgehead atoms. The molecule has 0 radical (unpaired) electrons. The molecule has 0 aliphatic rings. The van der Waals surface area contributed by atoms with Gasteiger partial charge in [-0.3, -0.25) is 0 Å². The van der Waals surface area contributed by atoms with Gasteiger partial charge in [0, 0.05) is 5.56 Å². The highest BCUT2D eigenvalue weighted by molar-refractivity contribution is 7.80. The molecule has 3 rings (SSSR count). The van der Waals surface area contributed by atoms with Crippen LogP contribution >= 0.6 is 32.9 Å². The van der Waals surface area contributed by atoms with Gasteiger partial charge in [-0.15, -0.1) is 0 Å². The lowest BCUT2D eigenvalue weighted by molar-refractivity contribution is 1.39. The summed E-state index contributed by atoms with van der Waals surface area (Å²) >= 11 is 5.60. The van der Waals surface area contributed by atoms with E-state index in [9.17, 15) is 0 Å². The molecule has 0 atom stereocenters. The van der Waals surface area contributed by atoms with Crippen LogP contribution in [-0.2, 0) is 0 Å². The first-order valence-corrected chi connectivity index (χ1v) is 9.39. The van der Waals surface area contributed by atoms with Gasteiger partial charge in [-0.2, -0.15) is 0 Å². The number of hydrogen-bond acceptors (Lipinski definition) is 3. The van der Waals surface area contributed by atoms with Crippen LogP contribution in [0.1, 0.15) is 16.7 Å². The van der Waals surface area contributed by atoms with E-state index >= 15 is 0 Å². The van der Waals surface area contributed by atoms with E-state index in [0.29, 0.717) is 0 Å². The molecule has 0 aliphatic carbocycles. The Balaban J connectivity index is 2.21. The van der Waals surface area contributed by atoms with Gasteiger partial charge in [0.05, 0.1) is 4.88 Å². The molecule has 106 valence electrons. The van der Waals surface area contributed by atoms with Crippen molar-refractivity contribution in [1.29, 1.82) is 0 Å². The molecule has 0 N–H and O–H groups in total. The van der Waals surface area contributed by atoms with Crippen LogP contribution in [-0.4, -0.2) is 0 Å². The molecule has 21 heavy (non-hydrogen) atoms. The molecular formula is C18H16S3. The Hall–Kier alpha value is -1.29. The van der Waals surface area contributed by atoms with Gasteiger partial charge < -0.3 is 0 Å². The van der Waals surface area contributed by atoms with Crippen LogP contribution in [0.15, 0.2) is 42.5 Å². The lowest BCUT2D eigenvalue weighted by Gasteiger charge is -2.07. The molecule has 0 saturated carbocycles. The van der Waals surface area contributed by atoms with E-state index in [-0.39, 0.29) is 0 Å². The van der Waals surface area contributed by atoms with Crippen molar-refractivity contribution in [2.75, 3.05) is 0 Å². The Morgan fingerprint density at radius 1 is 0.714 bits per heavy atom. The third-order valence-electron chi connectivity index (χ3n) is 3.46. The van der Waals surface area contributed by atoms with Gasteiger partial charge in [-0.1, -0.05) is 92.1 Å². The maximum absolute atomic E-state index is 5.60. The van der Waals surface area contributed by atoms with E-state index in [1.165, 1.54) is 38.3 Å². The van der Waals surface area contributed by atoms with Crippen LogP contribution < -0.4 is 0 Å². The largest absolute Gasteiger partial charge is 0.110 e. The van der Waals surface area contributed by atoms with Crippen LogP contribution in [0.4, 0.5) is 0 Å². The maximum atomic E-state index is 5.60. The lowest BCUT2D eigenvalue weighted by Crippen LogP contribution is -1.84. The number of rotatable bonds is 2. The van der Waals surface area contributed by atoms with E-state index in [4.69, 9.17) is 12.2 Å². The molecule has 0 nitrogen and oxygen atoms in total. The van der Waals surface area contributed by atoms with Crippen molar-refractivity contribution >= 4 is 32.9 Å². The fourth-order valence-electron chi connectivity index (χ4n) is 2.52. The number of hydrogen-bond donors (Lipinski definition) is 0. The topological polar surface area (TPSA) is 0 Å².